The fourth-order valence-electron chi connectivity index (χ4n) is 2.16. The normalized spacial score (nSPS) is 18.0. The van der Waals surface area contributed by atoms with Crippen molar-refractivity contribution < 1.29 is 19.4 Å². The number of hydrogen-bond donors (Lipinski definition) is 3. The molecule has 112 valence electrons. The highest BCUT2D eigenvalue weighted by atomic mass is 79.9. The summed E-state index contributed by atoms with van der Waals surface area (Å²) in [6.07, 6.45) is 0. The molecule has 0 saturated heterocycles. The molecule has 2 amide bonds. The Hall–Kier alpha value is -2.02. The number of allylic oxidation sites excluding steroid dienone is 1. The van der Waals surface area contributed by atoms with Crippen molar-refractivity contribution >= 4 is 27.9 Å². The Bertz CT molecular complexity index is 627. The van der Waals surface area contributed by atoms with Crippen molar-refractivity contribution in [3.8, 4) is 5.75 Å². The summed E-state index contributed by atoms with van der Waals surface area (Å²) in [6, 6.07) is 3.54. The average molecular weight is 355 g/mol. The minimum atomic E-state index is -0.695. The Kier molecular flexibility index (Phi) is 4.52. The van der Waals surface area contributed by atoms with Gasteiger partial charge in [-0.2, -0.15) is 0 Å². The summed E-state index contributed by atoms with van der Waals surface area (Å²) in [6.45, 7) is 3.58. The first kappa shape index (κ1) is 15.4. The van der Waals surface area contributed by atoms with Crippen LogP contribution in [0.3, 0.4) is 0 Å². The number of phenolic OH excluding ortho intramolecular Hbond substituents is 1. The average Bonchev–Trinajstić information content (AvgIpc) is 2.40. The molecule has 1 aromatic carbocycles. The molecule has 21 heavy (non-hydrogen) atoms. The molecule has 0 saturated carbocycles. The third-order valence-corrected chi connectivity index (χ3v) is 3.78. The summed E-state index contributed by atoms with van der Waals surface area (Å²) in [5, 5.41) is 14.9. The van der Waals surface area contributed by atoms with E-state index in [4.69, 9.17) is 4.74 Å². The van der Waals surface area contributed by atoms with Crippen LogP contribution in [0.4, 0.5) is 4.79 Å². The van der Waals surface area contributed by atoms with Crippen molar-refractivity contribution in [1.29, 1.82) is 0 Å². The number of hydrogen-bond acceptors (Lipinski definition) is 4. The van der Waals surface area contributed by atoms with Gasteiger partial charge in [0.15, 0.2) is 0 Å². The van der Waals surface area contributed by atoms with Gasteiger partial charge in [0.05, 0.1) is 18.2 Å². The van der Waals surface area contributed by atoms with Gasteiger partial charge >= 0.3 is 12.0 Å². The van der Waals surface area contributed by atoms with E-state index < -0.39 is 18.0 Å². The lowest BCUT2D eigenvalue weighted by molar-refractivity contribution is -0.139. The summed E-state index contributed by atoms with van der Waals surface area (Å²) in [5.41, 5.74) is 1.31. The van der Waals surface area contributed by atoms with Crippen molar-refractivity contribution in [2.45, 2.75) is 19.9 Å². The van der Waals surface area contributed by atoms with Gasteiger partial charge in [-0.25, -0.2) is 9.59 Å². The van der Waals surface area contributed by atoms with E-state index in [1.54, 1.807) is 19.9 Å². The second-order valence-electron chi connectivity index (χ2n) is 4.50. The summed E-state index contributed by atoms with van der Waals surface area (Å²) in [5.74, 6) is -0.468. The third-order valence-electron chi connectivity index (χ3n) is 3.06. The van der Waals surface area contributed by atoms with Gasteiger partial charge in [0.1, 0.15) is 5.75 Å². The molecule has 0 radical (unpaired) electrons. The molecular weight excluding hydrogens is 340 g/mol. The summed E-state index contributed by atoms with van der Waals surface area (Å²) in [7, 11) is 0. The molecule has 3 N–H and O–H groups in total. The molecule has 1 aliphatic heterocycles. The van der Waals surface area contributed by atoms with E-state index in [0.29, 0.717) is 21.3 Å². The number of phenols is 1. The van der Waals surface area contributed by atoms with E-state index in [1.807, 2.05) is 0 Å². The quantitative estimate of drug-likeness (QED) is 0.727. The molecule has 1 aliphatic rings. The molecule has 1 heterocycles. The number of benzene rings is 1. The minimum absolute atomic E-state index is 0.0434. The smallest absolute Gasteiger partial charge is 0.338 e. The Morgan fingerprint density at radius 2 is 2.19 bits per heavy atom. The van der Waals surface area contributed by atoms with Gasteiger partial charge in [-0.05, 0) is 37.6 Å². The van der Waals surface area contributed by atoms with Gasteiger partial charge in [0.2, 0.25) is 0 Å². The second-order valence-corrected chi connectivity index (χ2v) is 5.35. The first-order valence-electron chi connectivity index (χ1n) is 6.37. The van der Waals surface area contributed by atoms with Crippen LogP contribution in [0, 0.1) is 0 Å². The van der Waals surface area contributed by atoms with Crippen molar-refractivity contribution in [2.24, 2.45) is 0 Å². The summed E-state index contributed by atoms with van der Waals surface area (Å²) >= 11 is 3.36. The molecule has 7 heteroatoms. The van der Waals surface area contributed by atoms with Gasteiger partial charge in [-0.1, -0.05) is 15.9 Å². The van der Waals surface area contributed by atoms with Gasteiger partial charge < -0.3 is 20.5 Å². The van der Waals surface area contributed by atoms with Gasteiger partial charge in [-0.15, -0.1) is 0 Å². The maximum absolute atomic E-state index is 12.1. The zero-order valence-corrected chi connectivity index (χ0v) is 13.2. The number of ether oxygens (including phenoxy) is 1. The lowest BCUT2D eigenvalue weighted by Crippen LogP contribution is -2.45. The number of carbonyl (C=O) groups excluding carboxylic acids is 2. The van der Waals surface area contributed by atoms with Gasteiger partial charge in [0.25, 0.3) is 0 Å². The van der Waals surface area contributed by atoms with Crippen molar-refractivity contribution in [2.75, 3.05) is 6.61 Å². The van der Waals surface area contributed by atoms with Crippen molar-refractivity contribution in [3.05, 3.63) is 39.5 Å². The predicted molar refractivity (Wildman–Crippen MR) is 79.5 cm³/mol. The zero-order chi connectivity index (χ0) is 15.6. The van der Waals surface area contributed by atoms with Crippen LogP contribution >= 0.6 is 15.9 Å². The first-order chi connectivity index (χ1) is 9.93. The van der Waals surface area contributed by atoms with E-state index >= 15 is 0 Å². The number of esters is 1. The molecule has 2 rings (SSSR count). The van der Waals surface area contributed by atoms with Crippen LogP contribution in [0.15, 0.2) is 33.9 Å². The van der Waals surface area contributed by atoms with Crippen molar-refractivity contribution in [1.82, 2.24) is 10.6 Å². The topological polar surface area (TPSA) is 87.7 Å². The van der Waals surface area contributed by atoms with E-state index in [-0.39, 0.29) is 12.4 Å². The van der Waals surface area contributed by atoms with Crippen molar-refractivity contribution in [3.63, 3.8) is 0 Å². The molecule has 1 atom stereocenters. The number of nitrogens with one attached hydrogen (secondary N) is 2. The number of urea groups is 1. The Balaban J connectivity index is 2.52. The summed E-state index contributed by atoms with van der Waals surface area (Å²) in [4.78, 5) is 23.8. The van der Waals surface area contributed by atoms with E-state index in [0.717, 1.165) is 0 Å². The monoisotopic (exact) mass is 354 g/mol. The zero-order valence-electron chi connectivity index (χ0n) is 11.6. The van der Waals surface area contributed by atoms with Crippen LogP contribution in [-0.2, 0) is 9.53 Å². The van der Waals surface area contributed by atoms with E-state index in [2.05, 4.69) is 26.6 Å². The van der Waals surface area contributed by atoms with Crippen LogP contribution in [-0.4, -0.2) is 23.7 Å². The molecule has 1 aromatic rings. The van der Waals surface area contributed by atoms with Crippen LogP contribution in [0.1, 0.15) is 25.5 Å². The Labute approximate surface area is 130 Å². The Morgan fingerprint density at radius 3 is 2.86 bits per heavy atom. The summed E-state index contributed by atoms with van der Waals surface area (Å²) < 4.78 is 5.71. The molecule has 0 spiro atoms. The molecule has 0 aliphatic carbocycles. The SMILES string of the molecule is CCOC(=O)C1=C(C)NC(=O)NC1c1cc(O)ccc1Br. The molecule has 0 fully saturated rings. The highest BCUT2D eigenvalue weighted by Gasteiger charge is 2.33. The largest absolute Gasteiger partial charge is 0.508 e. The molecule has 0 bridgehead atoms. The van der Waals surface area contributed by atoms with Gasteiger partial charge in [0, 0.05) is 10.2 Å². The maximum atomic E-state index is 12.1. The Morgan fingerprint density at radius 1 is 1.48 bits per heavy atom. The fourth-order valence-corrected chi connectivity index (χ4v) is 2.63. The number of rotatable bonds is 3. The third kappa shape index (κ3) is 3.18. The predicted octanol–water partition coefficient (Wildman–Crippen LogP) is 2.35. The number of halogens is 1. The standard InChI is InChI=1S/C14H15BrN2O4/c1-3-21-13(19)11-7(2)16-14(20)17-12(11)9-6-8(18)4-5-10(9)15/h4-6,12,18H,3H2,1-2H3,(H2,16,17,20). The highest BCUT2D eigenvalue weighted by Crippen LogP contribution is 2.34. The number of amides is 2. The van der Waals surface area contributed by atoms with Crippen LogP contribution in [0.25, 0.3) is 0 Å². The first-order valence-corrected chi connectivity index (χ1v) is 7.17. The minimum Gasteiger partial charge on any atom is -0.508 e. The molecule has 1 unspecified atom stereocenters. The lowest BCUT2D eigenvalue weighted by Gasteiger charge is -2.28. The van der Waals surface area contributed by atoms with Crippen LogP contribution < -0.4 is 10.6 Å². The van der Waals surface area contributed by atoms with Crippen LogP contribution in [0.5, 0.6) is 5.75 Å². The number of aromatic hydroxyl groups is 1. The molecular formula is C14H15BrN2O4. The van der Waals surface area contributed by atoms with Gasteiger partial charge in [-0.3, -0.25) is 0 Å². The lowest BCUT2D eigenvalue weighted by atomic mass is 9.95. The highest BCUT2D eigenvalue weighted by molar-refractivity contribution is 9.10. The van der Waals surface area contributed by atoms with E-state index in [1.165, 1.54) is 12.1 Å². The van der Waals surface area contributed by atoms with Crippen LogP contribution in [0.2, 0.25) is 0 Å². The number of carbonyl (C=O) groups is 2. The molecule has 0 aromatic heterocycles. The maximum Gasteiger partial charge on any atom is 0.338 e. The fraction of sp³-hybridized carbons (Fsp3) is 0.286. The second kappa shape index (κ2) is 6.17. The van der Waals surface area contributed by atoms with E-state index in [9.17, 15) is 14.7 Å². The molecule has 6 nitrogen and oxygen atoms in total.